The lowest BCUT2D eigenvalue weighted by Gasteiger charge is -2.09. The molecule has 0 aromatic carbocycles. The Bertz CT molecular complexity index is 143. The maximum absolute atomic E-state index is 4.32. The molecular formula is C7H13NS. The molecule has 1 aliphatic heterocycles. The van der Waals surface area contributed by atoms with Crippen molar-refractivity contribution in [3.63, 3.8) is 0 Å². The number of hydrogen-bond acceptors (Lipinski definition) is 2. The monoisotopic (exact) mass is 143 g/mol. The highest BCUT2D eigenvalue weighted by Gasteiger charge is 2.65. The Labute approximate surface area is 62.0 Å². The second-order valence-electron chi connectivity index (χ2n) is 4.12. The molecule has 9 heavy (non-hydrogen) atoms. The molecule has 2 rings (SSSR count). The molecule has 2 heteroatoms. The highest BCUT2D eigenvalue weighted by molar-refractivity contribution is 7.77. The highest BCUT2D eigenvalue weighted by Crippen LogP contribution is 2.67. The predicted molar refractivity (Wildman–Crippen MR) is 41.4 cm³/mol. The van der Waals surface area contributed by atoms with E-state index in [0.717, 1.165) is 0 Å². The van der Waals surface area contributed by atoms with Gasteiger partial charge in [-0.1, -0.05) is 26.7 Å². The smallest absolute Gasteiger partial charge is 0.0147 e. The van der Waals surface area contributed by atoms with Crippen molar-refractivity contribution < 1.29 is 0 Å². The summed E-state index contributed by atoms with van der Waals surface area (Å²) < 4.78 is 2.14. The van der Waals surface area contributed by atoms with Crippen molar-refractivity contribution in [2.24, 2.45) is 10.8 Å². The van der Waals surface area contributed by atoms with Crippen LogP contribution in [0.5, 0.6) is 0 Å². The molecule has 1 saturated carbocycles. The number of thiol groups is 1. The van der Waals surface area contributed by atoms with E-state index < -0.39 is 0 Å². The van der Waals surface area contributed by atoms with Crippen molar-refractivity contribution in [2.75, 3.05) is 13.1 Å². The van der Waals surface area contributed by atoms with Gasteiger partial charge >= 0.3 is 0 Å². The van der Waals surface area contributed by atoms with E-state index in [1.165, 1.54) is 19.5 Å². The summed E-state index contributed by atoms with van der Waals surface area (Å²) in [5.74, 6) is 0. The average Bonchev–Trinajstić information content (AvgIpc) is 1.97. The van der Waals surface area contributed by atoms with Crippen molar-refractivity contribution in [2.45, 2.75) is 20.3 Å². The van der Waals surface area contributed by atoms with Gasteiger partial charge in [-0.05, 0) is 17.3 Å². The van der Waals surface area contributed by atoms with Crippen LogP contribution in [-0.2, 0) is 0 Å². The summed E-state index contributed by atoms with van der Waals surface area (Å²) in [6.07, 6.45) is 1.41. The normalized spacial score (nSPS) is 57.7. The Morgan fingerprint density at radius 3 is 1.89 bits per heavy atom. The Morgan fingerprint density at radius 2 is 1.67 bits per heavy atom. The fourth-order valence-electron chi connectivity index (χ4n) is 2.17. The van der Waals surface area contributed by atoms with Gasteiger partial charge in [0.25, 0.3) is 0 Å². The second-order valence-corrected chi connectivity index (χ2v) is 4.69. The van der Waals surface area contributed by atoms with Crippen LogP contribution in [0.3, 0.4) is 0 Å². The highest BCUT2D eigenvalue weighted by atomic mass is 32.1. The SMILES string of the molecule is CC12CN(S)CC1(C)C2. The summed E-state index contributed by atoms with van der Waals surface area (Å²) in [4.78, 5) is 0. The van der Waals surface area contributed by atoms with Crippen molar-refractivity contribution in [1.82, 2.24) is 4.31 Å². The van der Waals surface area contributed by atoms with Gasteiger partial charge in [-0.25, -0.2) is 0 Å². The summed E-state index contributed by atoms with van der Waals surface area (Å²) in [6.45, 7) is 7.10. The standard InChI is InChI=1S/C7H13NS/c1-6-3-7(6,2)5-8(9)4-6/h9H,3-5H2,1-2H3. The minimum absolute atomic E-state index is 0.620. The van der Waals surface area contributed by atoms with Gasteiger partial charge in [0.15, 0.2) is 0 Å². The van der Waals surface area contributed by atoms with Crippen LogP contribution in [-0.4, -0.2) is 17.4 Å². The van der Waals surface area contributed by atoms with E-state index in [4.69, 9.17) is 0 Å². The molecule has 2 aliphatic rings. The molecular weight excluding hydrogens is 130 g/mol. The second kappa shape index (κ2) is 1.32. The molecule has 1 aliphatic carbocycles. The van der Waals surface area contributed by atoms with Crippen LogP contribution in [0.2, 0.25) is 0 Å². The van der Waals surface area contributed by atoms with E-state index in [-0.39, 0.29) is 0 Å². The van der Waals surface area contributed by atoms with Gasteiger partial charge in [0.05, 0.1) is 0 Å². The van der Waals surface area contributed by atoms with E-state index in [1.807, 2.05) is 0 Å². The molecule has 0 N–H and O–H groups in total. The van der Waals surface area contributed by atoms with E-state index in [1.54, 1.807) is 0 Å². The van der Waals surface area contributed by atoms with E-state index in [9.17, 15) is 0 Å². The number of fused-ring (bicyclic) bond motifs is 1. The molecule has 0 radical (unpaired) electrons. The summed E-state index contributed by atoms with van der Waals surface area (Å²) >= 11 is 4.32. The van der Waals surface area contributed by atoms with Gasteiger partial charge in [-0.15, -0.1) is 0 Å². The molecule has 2 unspecified atom stereocenters. The zero-order valence-corrected chi connectivity index (χ0v) is 6.91. The fourth-order valence-corrected chi connectivity index (χ4v) is 2.80. The lowest BCUT2D eigenvalue weighted by Crippen LogP contribution is -2.13. The Balaban J connectivity index is 2.20. The van der Waals surface area contributed by atoms with Gasteiger partial charge in [0.2, 0.25) is 0 Å². The average molecular weight is 143 g/mol. The van der Waals surface area contributed by atoms with Gasteiger partial charge < -0.3 is 0 Å². The maximum Gasteiger partial charge on any atom is 0.0147 e. The summed E-state index contributed by atoms with van der Waals surface area (Å²) in [6, 6.07) is 0. The van der Waals surface area contributed by atoms with Crippen LogP contribution in [0.25, 0.3) is 0 Å². The molecule has 2 fully saturated rings. The van der Waals surface area contributed by atoms with Crippen LogP contribution >= 0.6 is 12.8 Å². The molecule has 1 nitrogen and oxygen atoms in total. The van der Waals surface area contributed by atoms with E-state index in [2.05, 4.69) is 31.0 Å². The Morgan fingerprint density at radius 1 is 1.22 bits per heavy atom. The minimum Gasteiger partial charge on any atom is -0.252 e. The molecule has 0 aromatic heterocycles. The van der Waals surface area contributed by atoms with Crippen molar-refractivity contribution >= 4 is 12.8 Å². The third kappa shape index (κ3) is 0.609. The molecule has 0 bridgehead atoms. The molecule has 0 amide bonds. The summed E-state index contributed by atoms with van der Waals surface area (Å²) in [7, 11) is 0. The Hall–Kier alpha value is 0.310. The lowest BCUT2D eigenvalue weighted by molar-refractivity contribution is 0.465. The van der Waals surface area contributed by atoms with Crippen molar-refractivity contribution in [3.8, 4) is 0 Å². The number of piperidine rings is 1. The quantitative estimate of drug-likeness (QED) is 0.504. The third-order valence-corrected chi connectivity index (χ3v) is 3.46. The van der Waals surface area contributed by atoms with Crippen molar-refractivity contribution in [3.05, 3.63) is 0 Å². The zero-order valence-electron chi connectivity index (χ0n) is 6.02. The molecule has 0 aromatic rings. The summed E-state index contributed by atoms with van der Waals surface area (Å²) in [5.41, 5.74) is 1.24. The molecule has 2 atom stereocenters. The van der Waals surface area contributed by atoms with Gasteiger partial charge in [0.1, 0.15) is 0 Å². The van der Waals surface area contributed by atoms with Gasteiger partial charge in [-0.2, -0.15) is 0 Å². The molecule has 1 heterocycles. The first-order chi connectivity index (χ1) is 4.06. The number of hydrogen-bond donors (Lipinski definition) is 1. The third-order valence-electron chi connectivity index (χ3n) is 3.18. The zero-order chi connectivity index (χ0) is 6.70. The first-order valence-corrected chi connectivity index (χ1v) is 3.90. The topological polar surface area (TPSA) is 3.24 Å². The number of rotatable bonds is 0. The maximum atomic E-state index is 4.32. The first kappa shape index (κ1) is 6.05. The van der Waals surface area contributed by atoms with Crippen molar-refractivity contribution in [1.29, 1.82) is 0 Å². The van der Waals surface area contributed by atoms with E-state index in [0.29, 0.717) is 10.8 Å². The minimum atomic E-state index is 0.620. The Kier molecular flexibility index (Phi) is 0.890. The molecule has 0 spiro atoms. The summed E-state index contributed by atoms with van der Waals surface area (Å²) in [5, 5.41) is 0. The van der Waals surface area contributed by atoms with Gasteiger partial charge in [0, 0.05) is 13.1 Å². The van der Waals surface area contributed by atoms with Crippen LogP contribution in [0.1, 0.15) is 20.3 Å². The van der Waals surface area contributed by atoms with Crippen LogP contribution < -0.4 is 0 Å². The number of nitrogens with zero attached hydrogens (tertiary/aromatic N) is 1. The van der Waals surface area contributed by atoms with Crippen LogP contribution in [0.15, 0.2) is 0 Å². The largest absolute Gasteiger partial charge is 0.252 e. The molecule has 52 valence electrons. The van der Waals surface area contributed by atoms with E-state index >= 15 is 0 Å². The van der Waals surface area contributed by atoms with Crippen LogP contribution in [0.4, 0.5) is 0 Å². The van der Waals surface area contributed by atoms with Crippen LogP contribution in [0, 0.1) is 10.8 Å². The lowest BCUT2D eigenvalue weighted by atomic mass is 10.0. The van der Waals surface area contributed by atoms with Gasteiger partial charge in [-0.3, -0.25) is 4.31 Å². The first-order valence-electron chi connectivity index (χ1n) is 3.50. The fraction of sp³-hybridized carbons (Fsp3) is 1.00. The predicted octanol–water partition coefficient (Wildman–Crippen LogP) is 1.56. The molecule has 1 saturated heterocycles.